The fourth-order valence-electron chi connectivity index (χ4n) is 1.09. The van der Waals surface area contributed by atoms with Gasteiger partial charge in [-0.15, -0.1) is 0 Å². The molecule has 0 amide bonds. The Kier molecular flexibility index (Phi) is 4.14. The van der Waals surface area contributed by atoms with Gasteiger partial charge in [0, 0.05) is 21.8 Å². The topological polar surface area (TPSA) is 67.2 Å². The lowest BCUT2D eigenvalue weighted by atomic mass is 10.2. The summed E-state index contributed by atoms with van der Waals surface area (Å²) in [5, 5.41) is 8.57. The van der Waals surface area contributed by atoms with Gasteiger partial charge in [0.05, 0.1) is 5.56 Å². The van der Waals surface area contributed by atoms with Crippen molar-refractivity contribution >= 4 is 31.3 Å². The summed E-state index contributed by atoms with van der Waals surface area (Å²) >= 11 is 5.52. The van der Waals surface area contributed by atoms with Crippen LogP contribution in [-0.2, 0) is 9.05 Å². The predicted octanol–water partition coefficient (Wildman–Crippen LogP) is 2.74. The Morgan fingerprint density at radius 1 is 1.41 bits per heavy atom. The largest absolute Gasteiger partial charge is 0.433 e. The van der Waals surface area contributed by atoms with Crippen LogP contribution in [0.2, 0.25) is 5.02 Å². The van der Waals surface area contributed by atoms with E-state index in [9.17, 15) is 17.2 Å². The maximum atomic E-state index is 12.1. The smallest absolute Gasteiger partial charge is 0.387 e. The summed E-state index contributed by atoms with van der Waals surface area (Å²) < 4.78 is 50.4. The van der Waals surface area contributed by atoms with E-state index < -0.39 is 31.9 Å². The molecule has 0 N–H and O–H groups in total. The third-order valence-corrected chi connectivity index (χ3v) is 3.19. The lowest BCUT2D eigenvalue weighted by molar-refractivity contribution is -0.0517. The van der Waals surface area contributed by atoms with Gasteiger partial charge in [-0.25, -0.2) is 8.42 Å². The van der Waals surface area contributed by atoms with E-state index in [4.69, 9.17) is 27.5 Å². The van der Waals surface area contributed by atoms with E-state index in [1.54, 1.807) is 0 Å². The number of ether oxygens (including phenoxy) is 1. The van der Waals surface area contributed by atoms with Crippen LogP contribution in [0.5, 0.6) is 5.75 Å². The molecule has 0 radical (unpaired) electrons. The molecule has 1 rings (SSSR count). The monoisotopic (exact) mass is 301 g/mol. The summed E-state index contributed by atoms with van der Waals surface area (Å²) in [6, 6.07) is 3.30. The number of halogens is 4. The highest BCUT2D eigenvalue weighted by molar-refractivity contribution is 8.13. The van der Waals surface area contributed by atoms with Gasteiger partial charge >= 0.3 is 6.61 Å². The van der Waals surface area contributed by atoms with Gasteiger partial charge in [-0.05, 0) is 6.07 Å². The quantitative estimate of drug-likeness (QED) is 0.805. The molecule has 1 aromatic rings. The van der Waals surface area contributed by atoms with E-state index in [2.05, 4.69) is 4.74 Å². The first-order valence-corrected chi connectivity index (χ1v) is 6.57. The summed E-state index contributed by atoms with van der Waals surface area (Å²) in [6.45, 7) is -3.27. The molecule has 9 heteroatoms. The van der Waals surface area contributed by atoms with Gasteiger partial charge < -0.3 is 4.74 Å². The molecule has 0 saturated carbocycles. The number of benzene rings is 1. The lowest BCUT2D eigenvalue weighted by Gasteiger charge is -2.10. The Bertz CT molecular complexity index is 583. The maximum Gasteiger partial charge on any atom is 0.387 e. The second-order valence-electron chi connectivity index (χ2n) is 2.71. The standard InChI is InChI=1S/C8H3Cl2F2NO3S/c9-5-1-4(3-13)7(17(10,14)15)6(2-5)16-8(11)12/h1-2,8H. The number of hydrogen-bond acceptors (Lipinski definition) is 4. The molecule has 0 aliphatic heterocycles. The molecule has 4 nitrogen and oxygen atoms in total. The summed E-state index contributed by atoms with van der Waals surface area (Å²) in [4.78, 5) is -0.827. The van der Waals surface area contributed by atoms with Crippen molar-refractivity contribution < 1.29 is 21.9 Å². The molecule has 0 saturated heterocycles. The first kappa shape index (κ1) is 14.0. The van der Waals surface area contributed by atoms with E-state index in [1.807, 2.05) is 0 Å². The van der Waals surface area contributed by atoms with Crippen LogP contribution >= 0.6 is 22.3 Å². The molecule has 0 bridgehead atoms. The van der Waals surface area contributed by atoms with Crippen LogP contribution in [0.1, 0.15) is 5.56 Å². The Hall–Kier alpha value is -1.10. The summed E-state index contributed by atoms with van der Waals surface area (Å²) in [5.41, 5.74) is -0.469. The highest BCUT2D eigenvalue weighted by atomic mass is 35.7. The molecule has 0 atom stereocenters. The van der Waals surface area contributed by atoms with Crippen LogP contribution < -0.4 is 4.74 Å². The van der Waals surface area contributed by atoms with Gasteiger partial charge in [-0.3, -0.25) is 0 Å². The second kappa shape index (κ2) is 5.04. The van der Waals surface area contributed by atoms with Crippen LogP contribution in [0.3, 0.4) is 0 Å². The van der Waals surface area contributed by atoms with Gasteiger partial charge in [-0.1, -0.05) is 11.6 Å². The van der Waals surface area contributed by atoms with E-state index in [0.717, 1.165) is 12.1 Å². The zero-order valence-electron chi connectivity index (χ0n) is 7.82. The van der Waals surface area contributed by atoms with Crippen molar-refractivity contribution in [3.8, 4) is 11.8 Å². The van der Waals surface area contributed by atoms with Crippen molar-refractivity contribution in [2.75, 3.05) is 0 Å². The molecule has 0 aliphatic rings. The van der Waals surface area contributed by atoms with Gasteiger partial charge in [0.15, 0.2) is 0 Å². The molecule has 0 aliphatic carbocycles. The SMILES string of the molecule is N#Cc1cc(Cl)cc(OC(F)F)c1S(=O)(=O)Cl. The van der Waals surface area contributed by atoms with Crippen molar-refractivity contribution in [3.63, 3.8) is 0 Å². The number of hydrogen-bond donors (Lipinski definition) is 0. The van der Waals surface area contributed by atoms with E-state index in [-0.39, 0.29) is 5.02 Å². The summed E-state index contributed by atoms with van der Waals surface area (Å²) in [6.07, 6.45) is 0. The molecule has 0 aromatic heterocycles. The van der Waals surface area contributed by atoms with Gasteiger partial charge in [0.1, 0.15) is 16.7 Å². The highest BCUT2D eigenvalue weighted by Crippen LogP contribution is 2.34. The lowest BCUT2D eigenvalue weighted by Crippen LogP contribution is -2.07. The van der Waals surface area contributed by atoms with E-state index in [0.29, 0.717) is 0 Å². The molecule has 17 heavy (non-hydrogen) atoms. The fourth-order valence-corrected chi connectivity index (χ4v) is 2.49. The van der Waals surface area contributed by atoms with Gasteiger partial charge in [-0.2, -0.15) is 14.0 Å². The number of nitriles is 1. The Balaban J connectivity index is 3.58. The number of rotatable bonds is 3. The van der Waals surface area contributed by atoms with Crippen molar-refractivity contribution in [2.24, 2.45) is 0 Å². The minimum Gasteiger partial charge on any atom is -0.433 e. The highest BCUT2D eigenvalue weighted by Gasteiger charge is 2.24. The first-order valence-electron chi connectivity index (χ1n) is 3.89. The molecule has 0 fully saturated rings. The second-order valence-corrected chi connectivity index (χ2v) is 5.65. The minimum absolute atomic E-state index is 0.124. The number of nitrogens with zero attached hydrogens (tertiary/aromatic N) is 1. The Morgan fingerprint density at radius 3 is 2.41 bits per heavy atom. The molecular formula is C8H3Cl2F2NO3S. The van der Waals surface area contributed by atoms with Crippen molar-refractivity contribution in [2.45, 2.75) is 11.5 Å². The summed E-state index contributed by atoms with van der Waals surface area (Å²) in [5.74, 6) is -0.765. The average Bonchev–Trinajstić information content (AvgIpc) is 2.13. The Morgan fingerprint density at radius 2 is 2.00 bits per heavy atom. The maximum absolute atomic E-state index is 12.1. The Labute approximate surface area is 105 Å². The molecule has 0 heterocycles. The fraction of sp³-hybridized carbons (Fsp3) is 0.125. The van der Waals surface area contributed by atoms with Crippen molar-refractivity contribution in [1.82, 2.24) is 0 Å². The van der Waals surface area contributed by atoms with Crippen molar-refractivity contribution in [1.29, 1.82) is 5.26 Å². The third kappa shape index (κ3) is 3.43. The zero-order valence-corrected chi connectivity index (χ0v) is 10.2. The van der Waals surface area contributed by atoms with E-state index >= 15 is 0 Å². The van der Waals surface area contributed by atoms with Crippen LogP contribution in [0.25, 0.3) is 0 Å². The average molecular weight is 302 g/mol. The van der Waals surface area contributed by atoms with Crippen molar-refractivity contribution in [3.05, 3.63) is 22.7 Å². The normalized spacial score (nSPS) is 11.3. The van der Waals surface area contributed by atoms with Crippen LogP contribution in [0.4, 0.5) is 8.78 Å². The third-order valence-electron chi connectivity index (χ3n) is 1.60. The zero-order chi connectivity index (χ0) is 13.2. The van der Waals surface area contributed by atoms with Gasteiger partial charge in [0.25, 0.3) is 9.05 Å². The van der Waals surface area contributed by atoms with Crippen LogP contribution in [0, 0.1) is 11.3 Å². The van der Waals surface area contributed by atoms with E-state index in [1.165, 1.54) is 6.07 Å². The molecule has 1 aromatic carbocycles. The molecule has 0 unspecified atom stereocenters. The summed E-state index contributed by atoms with van der Waals surface area (Å²) in [7, 11) is 0.631. The molecule has 0 spiro atoms. The molecule has 92 valence electrons. The van der Waals surface area contributed by atoms with Crippen LogP contribution in [-0.4, -0.2) is 15.0 Å². The predicted molar refractivity (Wildman–Crippen MR) is 55.8 cm³/mol. The minimum atomic E-state index is -4.41. The van der Waals surface area contributed by atoms with Crippen LogP contribution in [0.15, 0.2) is 17.0 Å². The van der Waals surface area contributed by atoms with Gasteiger partial charge in [0.2, 0.25) is 0 Å². The molecular weight excluding hydrogens is 299 g/mol. The first-order chi connectivity index (χ1) is 7.75. The number of alkyl halides is 2.